The topological polar surface area (TPSA) is 0 Å². The van der Waals surface area contributed by atoms with Crippen LogP contribution < -0.4 is 0 Å². The van der Waals surface area contributed by atoms with E-state index in [4.69, 9.17) is 17.0 Å². The number of fused-ring (bicyclic) bond motifs is 1. The summed E-state index contributed by atoms with van der Waals surface area (Å²) in [6.07, 6.45) is 4.45. The summed E-state index contributed by atoms with van der Waals surface area (Å²) < 4.78 is 0. The molecule has 0 amide bonds. The fourth-order valence-corrected chi connectivity index (χ4v) is 1.80. The molecule has 0 saturated heterocycles. The number of benzene rings is 1. The predicted molar refractivity (Wildman–Crippen MR) is 69.0 cm³/mol. The van der Waals surface area contributed by atoms with Crippen LogP contribution in [0, 0.1) is 11.8 Å². The van der Waals surface area contributed by atoms with Crippen molar-refractivity contribution in [3.63, 3.8) is 0 Å². The molecule has 1 radical (unpaired) electrons. The third kappa shape index (κ3) is 3.72. The van der Waals surface area contributed by atoms with Crippen LogP contribution in [0.3, 0.4) is 0 Å². The summed E-state index contributed by atoms with van der Waals surface area (Å²) in [5, 5.41) is 0. The second-order valence-electron chi connectivity index (χ2n) is 4.66. The molecule has 1 aliphatic rings. The zero-order valence-corrected chi connectivity index (χ0v) is 13.7. The quantitative estimate of drug-likeness (QED) is 0.623. The Hall–Kier alpha value is 0.423. The SMILES string of the molecule is CC(C)(C)C1=C[CH]c2ccccc21.[Cl][Zr][Cl]. The van der Waals surface area contributed by atoms with Crippen molar-refractivity contribution < 1.29 is 20.8 Å². The Morgan fingerprint density at radius 3 is 2.19 bits per heavy atom. The van der Waals surface area contributed by atoms with E-state index in [0.29, 0.717) is 0 Å². The predicted octanol–water partition coefficient (Wildman–Crippen LogP) is 5.06. The van der Waals surface area contributed by atoms with Crippen LogP contribution in [0.5, 0.6) is 0 Å². The van der Waals surface area contributed by atoms with Crippen LogP contribution in [0.25, 0.3) is 5.57 Å². The van der Waals surface area contributed by atoms with Crippen molar-refractivity contribution in [2.45, 2.75) is 20.8 Å². The van der Waals surface area contributed by atoms with E-state index in [1.807, 2.05) is 0 Å². The van der Waals surface area contributed by atoms with Gasteiger partial charge in [-0.2, -0.15) is 0 Å². The van der Waals surface area contributed by atoms with Crippen LogP contribution >= 0.6 is 17.0 Å². The molecule has 85 valence electrons. The number of hydrogen-bond donors (Lipinski definition) is 0. The third-order valence-electron chi connectivity index (χ3n) is 2.49. The number of hydrogen-bond acceptors (Lipinski definition) is 0. The van der Waals surface area contributed by atoms with Crippen LogP contribution in [0.4, 0.5) is 0 Å². The maximum absolute atomic E-state index is 4.93. The fraction of sp³-hybridized carbons (Fsp3) is 0.308. The molecule has 0 aliphatic heterocycles. The molecule has 0 unspecified atom stereocenters. The Labute approximate surface area is 117 Å². The van der Waals surface area contributed by atoms with Gasteiger partial charge in [0, 0.05) is 6.42 Å². The number of halogens is 2. The van der Waals surface area contributed by atoms with E-state index >= 15 is 0 Å². The first-order chi connectivity index (χ1) is 7.50. The summed E-state index contributed by atoms with van der Waals surface area (Å²) >= 11 is -0.826. The molecule has 0 saturated carbocycles. The van der Waals surface area contributed by atoms with Crippen molar-refractivity contribution in [1.82, 2.24) is 0 Å². The monoisotopic (exact) mass is 331 g/mol. The molecule has 2 rings (SSSR count). The summed E-state index contributed by atoms with van der Waals surface area (Å²) in [5.74, 6) is 0. The average molecular weight is 333 g/mol. The van der Waals surface area contributed by atoms with Crippen LogP contribution in [0.1, 0.15) is 31.9 Å². The fourth-order valence-electron chi connectivity index (χ4n) is 1.80. The van der Waals surface area contributed by atoms with Crippen molar-refractivity contribution in [1.29, 1.82) is 0 Å². The molecule has 0 bridgehead atoms. The van der Waals surface area contributed by atoms with Gasteiger partial charge in [0.05, 0.1) is 0 Å². The van der Waals surface area contributed by atoms with E-state index < -0.39 is 20.8 Å². The van der Waals surface area contributed by atoms with Gasteiger partial charge >= 0.3 is 37.9 Å². The molecule has 1 aromatic carbocycles. The Balaban J connectivity index is 0.000000386. The Bertz CT molecular complexity index is 378. The molecular formula is C13H15Cl2Zr. The minimum atomic E-state index is -0.826. The van der Waals surface area contributed by atoms with Crippen molar-refractivity contribution in [3.05, 3.63) is 47.9 Å². The van der Waals surface area contributed by atoms with Gasteiger partial charge in [0.25, 0.3) is 0 Å². The Morgan fingerprint density at radius 1 is 1.06 bits per heavy atom. The summed E-state index contributed by atoms with van der Waals surface area (Å²) in [4.78, 5) is 0. The van der Waals surface area contributed by atoms with Crippen molar-refractivity contribution >= 4 is 22.6 Å². The first-order valence-electron chi connectivity index (χ1n) is 5.12. The van der Waals surface area contributed by atoms with Gasteiger partial charge in [-0.15, -0.1) is 0 Å². The van der Waals surface area contributed by atoms with E-state index in [1.165, 1.54) is 16.7 Å². The molecular weight excluding hydrogens is 318 g/mol. The van der Waals surface area contributed by atoms with E-state index in [9.17, 15) is 0 Å². The van der Waals surface area contributed by atoms with Gasteiger partial charge in [-0.3, -0.25) is 0 Å². The Kier molecular flexibility index (Phi) is 5.78. The summed E-state index contributed by atoms with van der Waals surface area (Å²) in [5.41, 5.74) is 4.45. The first kappa shape index (κ1) is 14.5. The standard InChI is InChI=1S/C13H15.2ClH.Zr/c1-13(2,3)12-9-8-10-6-4-5-7-11(10)12;;;/h4-9H,1-3H3;2*1H;/q;;;+2/p-2. The van der Waals surface area contributed by atoms with Crippen LogP contribution in [-0.2, 0) is 20.8 Å². The molecule has 0 nitrogen and oxygen atoms in total. The average Bonchev–Trinajstić information content (AvgIpc) is 2.61. The maximum atomic E-state index is 4.93. The van der Waals surface area contributed by atoms with Crippen molar-refractivity contribution in [3.8, 4) is 0 Å². The molecule has 0 atom stereocenters. The molecule has 1 aliphatic carbocycles. The van der Waals surface area contributed by atoms with Gasteiger partial charge in [-0.25, -0.2) is 0 Å². The van der Waals surface area contributed by atoms with Crippen LogP contribution in [-0.4, -0.2) is 0 Å². The molecule has 0 N–H and O–H groups in total. The molecule has 16 heavy (non-hydrogen) atoms. The third-order valence-corrected chi connectivity index (χ3v) is 2.49. The van der Waals surface area contributed by atoms with Gasteiger partial charge in [0.1, 0.15) is 0 Å². The van der Waals surface area contributed by atoms with Crippen molar-refractivity contribution in [2.75, 3.05) is 0 Å². The molecule has 0 fully saturated rings. The van der Waals surface area contributed by atoms with Gasteiger partial charge in [-0.1, -0.05) is 51.1 Å². The number of rotatable bonds is 0. The first-order valence-corrected chi connectivity index (χ1v) is 11.4. The molecule has 0 heterocycles. The summed E-state index contributed by atoms with van der Waals surface area (Å²) in [6, 6.07) is 8.58. The molecule has 3 heteroatoms. The normalized spacial score (nSPS) is 13.4. The van der Waals surface area contributed by atoms with Gasteiger partial charge < -0.3 is 0 Å². The van der Waals surface area contributed by atoms with Gasteiger partial charge in [0.15, 0.2) is 0 Å². The van der Waals surface area contributed by atoms with E-state index in [-0.39, 0.29) is 5.41 Å². The summed E-state index contributed by atoms with van der Waals surface area (Å²) in [6.45, 7) is 6.78. The van der Waals surface area contributed by atoms with Gasteiger partial charge in [-0.05, 0) is 22.1 Å². The van der Waals surface area contributed by atoms with E-state index in [2.05, 4.69) is 57.5 Å². The second-order valence-corrected chi connectivity index (χ2v) is 8.39. The van der Waals surface area contributed by atoms with Gasteiger partial charge in [0.2, 0.25) is 0 Å². The van der Waals surface area contributed by atoms with Crippen LogP contribution in [0.15, 0.2) is 30.3 Å². The summed E-state index contributed by atoms with van der Waals surface area (Å²) in [7, 11) is 9.87. The van der Waals surface area contributed by atoms with Crippen LogP contribution in [0.2, 0.25) is 0 Å². The number of allylic oxidation sites excluding steroid dienone is 2. The Morgan fingerprint density at radius 2 is 1.62 bits per heavy atom. The minimum absolute atomic E-state index is 0.253. The van der Waals surface area contributed by atoms with E-state index in [0.717, 1.165) is 0 Å². The second kappa shape index (κ2) is 6.38. The molecule has 0 spiro atoms. The van der Waals surface area contributed by atoms with E-state index in [1.54, 1.807) is 0 Å². The van der Waals surface area contributed by atoms with Crippen molar-refractivity contribution in [2.24, 2.45) is 5.41 Å². The molecule has 1 aromatic rings. The zero-order valence-electron chi connectivity index (χ0n) is 9.72. The molecule has 0 aromatic heterocycles. The zero-order chi connectivity index (χ0) is 12.2.